The summed E-state index contributed by atoms with van der Waals surface area (Å²) in [4.78, 5) is 15.0. The number of benzene rings is 1. The number of carboxylic acid groups (broad SMARTS) is 1. The number of aromatic nitrogens is 1. The van der Waals surface area contributed by atoms with Crippen molar-refractivity contribution in [3.63, 3.8) is 0 Å². The summed E-state index contributed by atoms with van der Waals surface area (Å²) in [5.41, 5.74) is -0.132. The number of pyridine rings is 1. The van der Waals surface area contributed by atoms with Crippen LogP contribution in [0.1, 0.15) is 41.3 Å². The number of rotatable bonds is 2. The van der Waals surface area contributed by atoms with Crippen molar-refractivity contribution < 1.29 is 23.1 Å². The van der Waals surface area contributed by atoms with Gasteiger partial charge in [0.15, 0.2) is 0 Å². The van der Waals surface area contributed by atoms with E-state index in [1.807, 2.05) is 0 Å². The molecule has 0 bridgehead atoms. The predicted octanol–water partition coefficient (Wildman–Crippen LogP) is 4.08. The molecule has 6 heteroatoms. The summed E-state index contributed by atoms with van der Waals surface area (Å²) in [5.74, 6) is -1.27. The van der Waals surface area contributed by atoms with E-state index < -0.39 is 17.7 Å². The third-order valence-electron chi connectivity index (χ3n) is 3.05. The van der Waals surface area contributed by atoms with Gasteiger partial charge in [-0.05, 0) is 23.6 Å². The summed E-state index contributed by atoms with van der Waals surface area (Å²) in [6, 6.07) is 3.17. The third kappa shape index (κ3) is 2.45. The van der Waals surface area contributed by atoms with E-state index in [0.717, 1.165) is 18.3 Å². The van der Waals surface area contributed by atoms with Gasteiger partial charge < -0.3 is 5.11 Å². The molecule has 0 fully saturated rings. The summed E-state index contributed by atoms with van der Waals surface area (Å²) >= 11 is 0. The zero-order valence-electron chi connectivity index (χ0n) is 10.8. The Morgan fingerprint density at radius 3 is 2.45 bits per heavy atom. The number of fused-ring (bicyclic) bond motifs is 1. The standard InChI is InChI=1S/C14H12F3NO2/c1-7(2)12-9-4-3-8(14(15,16)17)5-11(9)18-6-10(12)13(19)20/h3-7H,1-2H3,(H,19,20). The second kappa shape index (κ2) is 4.77. The number of hydrogen-bond donors (Lipinski definition) is 1. The van der Waals surface area contributed by atoms with Gasteiger partial charge in [-0.2, -0.15) is 13.2 Å². The van der Waals surface area contributed by atoms with Crippen molar-refractivity contribution in [3.05, 3.63) is 41.1 Å². The lowest BCUT2D eigenvalue weighted by atomic mass is 9.93. The Hall–Kier alpha value is -2.11. The smallest absolute Gasteiger partial charge is 0.416 e. The van der Waals surface area contributed by atoms with Crippen molar-refractivity contribution in [1.29, 1.82) is 0 Å². The highest BCUT2D eigenvalue weighted by molar-refractivity contribution is 5.96. The molecule has 1 N–H and O–H groups in total. The maximum absolute atomic E-state index is 12.7. The molecule has 0 amide bonds. The van der Waals surface area contributed by atoms with E-state index in [1.165, 1.54) is 6.07 Å². The van der Waals surface area contributed by atoms with Crippen molar-refractivity contribution >= 4 is 16.9 Å². The molecule has 20 heavy (non-hydrogen) atoms. The Labute approximate surface area is 113 Å². The minimum atomic E-state index is -4.45. The van der Waals surface area contributed by atoms with Crippen molar-refractivity contribution in [2.75, 3.05) is 0 Å². The quantitative estimate of drug-likeness (QED) is 0.903. The van der Waals surface area contributed by atoms with Crippen LogP contribution >= 0.6 is 0 Å². The van der Waals surface area contributed by atoms with Gasteiger partial charge in [-0.25, -0.2) is 4.79 Å². The number of alkyl halides is 3. The number of carbonyl (C=O) groups is 1. The number of nitrogens with zero attached hydrogens (tertiary/aromatic N) is 1. The minimum absolute atomic E-state index is 0.0206. The molecule has 1 aromatic heterocycles. The summed E-state index contributed by atoms with van der Waals surface area (Å²) in [5, 5.41) is 9.58. The fourth-order valence-electron chi connectivity index (χ4n) is 2.18. The summed E-state index contributed by atoms with van der Waals surface area (Å²) in [6.45, 7) is 3.58. The molecule has 0 aliphatic heterocycles. The van der Waals surface area contributed by atoms with Crippen molar-refractivity contribution in [2.24, 2.45) is 0 Å². The van der Waals surface area contributed by atoms with Gasteiger partial charge in [0.1, 0.15) is 0 Å². The van der Waals surface area contributed by atoms with E-state index in [-0.39, 0.29) is 17.0 Å². The number of carboxylic acids is 1. The molecular weight excluding hydrogens is 271 g/mol. The van der Waals surface area contributed by atoms with Crippen LogP contribution in [-0.2, 0) is 6.18 Å². The van der Waals surface area contributed by atoms with Crippen LogP contribution in [0.5, 0.6) is 0 Å². The van der Waals surface area contributed by atoms with Gasteiger partial charge in [0.05, 0.1) is 16.6 Å². The summed E-state index contributed by atoms with van der Waals surface area (Å²) < 4.78 is 38.0. The van der Waals surface area contributed by atoms with E-state index in [9.17, 15) is 18.0 Å². The molecule has 0 aliphatic carbocycles. The predicted molar refractivity (Wildman–Crippen MR) is 67.8 cm³/mol. The maximum atomic E-state index is 12.7. The van der Waals surface area contributed by atoms with Crippen LogP contribution in [0.3, 0.4) is 0 Å². The lowest BCUT2D eigenvalue weighted by molar-refractivity contribution is -0.137. The highest BCUT2D eigenvalue weighted by Crippen LogP contribution is 2.34. The van der Waals surface area contributed by atoms with Gasteiger partial charge in [0.2, 0.25) is 0 Å². The van der Waals surface area contributed by atoms with E-state index in [4.69, 9.17) is 5.11 Å². The van der Waals surface area contributed by atoms with E-state index in [0.29, 0.717) is 10.9 Å². The van der Waals surface area contributed by atoms with Crippen LogP contribution in [-0.4, -0.2) is 16.1 Å². The van der Waals surface area contributed by atoms with Crippen molar-refractivity contribution in [2.45, 2.75) is 25.9 Å². The van der Waals surface area contributed by atoms with E-state index >= 15 is 0 Å². The zero-order chi connectivity index (χ0) is 15.1. The first kappa shape index (κ1) is 14.3. The molecule has 0 saturated heterocycles. The monoisotopic (exact) mass is 283 g/mol. The van der Waals surface area contributed by atoms with Crippen LogP contribution in [0.4, 0.5) is 13.2 Å². The fourth-order valence-corrected chi connectivity index (χ4v) is 2.18. The molecule has 0 spiro atoms. The zero-order valence-corrected chi connectivity index (χ0v) is 10.8. The van der Waals surface area contributed by atoms with Crippen LogP contribution < -0.4 is 0 Å². The van der Waals surface area contributed by atoms with Gasteiger partial charge in [-0.15, -0.1) is 0 Å². The Kier molecular flexibility index (Phi) is 3.41. The average Bonchev–Trinajstić information content (AvgIpc) is 2.35. The van der Waals surface area contributed by atoms with Crippen LogP contribution in [0.25, 0.3) is 10.9 Å². The van der Waals surface area contributed by atoms with Crippen LogP contribution in [0, 0.1) is 0 Å². The molecule has 2 rings (SSSR count). The molecule has 3 nitrogen and oxygen atoms in total. The minimum Gasteiger partial charge on any atom is -0.478 e. The van der Waals surface area contributed by atoms with Gasteiger partial charge in [0, 0.05) is 11.6 Å². The van der Waals surface area contributed by atoms with Gasteiger partial charge in [-0.3, -0.25) is 4.98 Å². The highest BCUT2D eigenvalue weighted by atomic mass is 19.4. The van der Waals surface area contributed by atoms with Gasteiger partial charge >= 0.3 is 12.1 Å². The van der Waals surface area contributed by atoms with E-state index in [2.05, 4.69) is 4.98 Å². The van der Waals surface area contributed by atoms with Crippen LogP contribution in [0.15, 0.2) is 24.4 Å². The largest absolute Gasteiger partial charge is 0.478 e. The lowest BCUT2D eigenvalue weighted by Gasteiger charge is -2.14. The maximum Gasteiger partial charge on any atom is 0.416 e. The number of aromatic carboxylic acids is 1. The van der Waals surface area contributed by atoms with Crippen molar-refractivity contribution in [3.8, 4) is 0 Å². The topological polar surface area (TPSA) is 50.2 Å². The molecule has 0 saturated carbocycles. The Balaban J connectivity index is 2.76. The second-order valence-electron chi connectivity index (χ2n) is 4.78. The normalized spacial score (nSPS) is 12.1. The molecule has 106 valence electrons. The van der Waals surface area contributed by atoms with Crippen molar-refractivity contribution in [1.82, 2.24) is 4.98 Å². The second-order valence-corrected chi connectivity index (χ2v) is 4.78. The third-order valence-corrected chi connectivity index (χ3v) is 3.05. The number of halogens is 3. The molecule has 0 unspecified atom stereocenters. The fraction of sp³-hybridized carbons (Fsp3) is 0.286. The van der Waals surface area contributed by atoms with Gasteiger partial charge in [-0.1, -0.05) is 19.9 Å². The molecule has 0 aliphatic rings. The van der Waals surface area contributed by atoms with E-state index in [1.54, 1.807) is 13.8 Å². The number of hydrogen-bond acceptors (Lipinski definition) is 2. The summed E-state index contributed by atoms with van der Waals surface area (Å²) in [7, 11) is 0. The Bertz CT molecular complexity index is 678. The average molecular weight is 283 g/mol. The first-order valence-corrected chi connectivity index (χ1v) is 5.95. The first-order valence-electron chi connectivity index (χ1n) is 5.95. The molecule has 0 radical (unpaired) electrons. The molecule has 1 heterocycles. The van der Waals surface area contributed by atoms with Crippen LogP contribution in [0.2, 0.25) is 0 Å². The molecular formula is C14H12F3NO2. The first-order chi connectivity index (χ1) is 9.21. The Morgan fingerprint density at radius 2 is 1.95 bits per heavy atom. The molecule has 2 aromatic rings. The van der Waals surface area contributed by atoms with Gasteiger partial charge in [0.25, 0.3) is 0 Å². The summed E-state index contributed by atoms with van der Waals surface area (Å²) in [6.07, 6.45) is -3.33. The highest BCUT2D eigenvalue weighted by Gasteiger charge is 2.31. The molecule has 1 aromatic carbocycles. The Morgan fingerprint density at radius 1 is 1.30 bits per heavy atom. The lowest BCUT2D eigenvalue weighted by Crippen LogP contribution is -2.08. The molecule has 0 atom stereocenters. The SMILES string of the molecule is CC(C)c1c(C(=O)O)cnc2cc(C(F)(F)F)ccc12.